The van der Waals surface area contributed by atoms with Gasteiger partial charge in [-0.15, -0.1) is 0 Å². The summed E-state index contributed by atoms with van der Waals surface area (Å²) in [5.74, 6) is -1.49. The van der Waals surface area contributed by atoms with Gasteiger partial charge in [-0.3, -0.25) is 9.69 Å². The van der Waals surface area contributed by atoms with Crippen LogP contribution in [0.15, 0.2) is 0 Å². The number of amides is 1. The molecule has 1 amide bonds. The fourth-order valence-corrected chi connectivity index (χ4v) is 3.41. The highest BCUT2D eigenvalue weighted by molar-refractivity contribution is 5.76. The molecule has 2 saturated heterocycles. The molecule has 3 nitrogen and oxygen atoms in total. The van der Waals surface area contributed by atoms with Gasteiger partial charge in [0.15, 0.2) is 0 Å². The third-order valence-electron chi connectivity index (χ3n) is 5.00. The predicted molar refractivity (Wildman–Crippen MR) is 72.7 cm³/mol. The maximum absolute atomic E-state index is 13.2. The minimum absolute atomic E-state index is 0.0246. The summed E-state index contributed by atoms with van der Waals surface area (Å²) in [7, 11) is 0. The zero-order chi connectivity index (χ0) is 14.2. The number of nitrogens with zero attached hydrogens (tertiary/aromatic N) is 2. The fourth-order valence-electron chi connectivity index (χ4n) is 3.41. The standard InChI is InChI=1S/C15H24F2N2O/c16-15(17)6-9-18(10-7-15)13-3-4-14(20)19(8-5-13)11-12-1-2-12/h12-13H,1-11H2. The number of hydrogen-bond acceptors (Lipinski definition) is 2. The summed E-state index contributed by atoms with van der Waals surface area (Å²) in [6, 6.07) is 0.319. The van der Waals surface area contributed by atoms with Crippen LogP contribution in [0.2, 0.25) is 0 Å². The van der Waals surface area contributed by atoms with E-state index in [0.29, 0.717) is 25.6 Å². The van der Waals surface area contributed by atoms with Crippen LogP contribution in [0.5, 0.6) is 0 Å². The lowest BCUT2D eigenvalue weighted by Gasteiger charge is -2.37. The van der Waals surface area contributed by atoms with Gasteiger partial charge in [0, 0.05) is 51.5 Å². The molecule has 0 spiro atoms. The molecule has 3 rings (SSSR count). The van der Waals surface area contributed by atoms with Crippen molar-refractivity contribution in [1.29, 1.82) is 0 Å². The van der Waals surface area contributed by atoms with Gasteiger partial charge in [0.25, 0.3) is 5.92 Å². The third-order valence-corrected chi connectivity index (χ3v) is 5.00. The predicted octanol–water partition coefficient (Wildman–Crippen LogP) is 2.51. The van der Waals surface area contributed by atoms with Gasteiger partial charge in [-0.25, -0.2) is 8.78 Å². The van der Waals surface area contributed by atoms with Gasteiger partial charge in [-0.05, 0) is 31.6 Å². The van der Waals surface area contributed by atoms with Crippen molar-refractivity contribution in [3.8, 4) is 0 Å². The van der Waals surface area contributed by atoms with Gasteiger partial charge in [-0.1, -0.05) is 0 Å². The van der Waals surface area contributed by atoms with Gasteiger partial charge in [-0.2, -0.15) is 0 Å². The third kappa shape index (κ3) is 3.48. The Balaban J connectivity index is 1.52. The smallest absolute Gasteiger partial charge is 0.250 e. The Morgan fingerprint density at radius 3 is 2.40 bits per heavy atom. The molecular weight excluding hydrogens is 262 g/mol. The highest BCUT2D eigenvalue weighted by Crippen LogP contribution is 2.32. The van der Waals surface area contributed by atoms with Crippen molar-refractivity contribution < 1.29 is 13.6 Å². The Bertz CT molecular complexity index is 361. The molecule has 1 atom stereocenters. The quantitative estimate of drug-likeness (QED) is 0.796. The molecule has 20 heavy (non-hydrogen) atoms. The summed E-state index contributed by atoms with van der Waals surface area (Å²) in [6.07, 6.45) is 4.84. The molecule has 114 valence electrons. The van der Waals surface area contributed by atoms with E-state index in [2.05, 4.69) is 4.90 Å². The lowest BCUT2D eigenvalue weighted by Crippen LogP contribution is -2.45. The molecule has 3 aliphatic rings. The SMILES string of the molecule is O=C1CCC(N2CCC(F)(F)CC2)CCN1CC1CC1. The number of alkyl halides is 2. The van der Waals surface area contributed by atoms with Crippen LogP contribution in [0, 0.1) is 5.92 Å². The van der Waals surface area contributed by atoms with Gasteiger partial charge in [0.2, 0.25) is 5.91 Å². The van der Waals surface area contributed by atoms with Gasteiger partial charge >= 0.3 is 0 Å². The molecular formula is C15H24F2N2O. The van der Waals surface area contributed by atoms with Crippen LogP contribution in [0.25, 0.3) is 0 Å². The number of piperidine rings is 1. The summed E-state index contributed by atoms with van der Waals surface area (Å²) in [4.78, 5) is 16.3. The van der Waals surface area contributed by atoms with E-state index in [-0.39, 0.29) is 18.7 Å². The number of hydrogen-bond donors (Lipinski definition) is 0. The van der Waals surface area contributed by atoms with Crippen LogP contribution in [-0.4, -0.2) is 53.9 Å². The summed E-state index contributed by atoms with van der Waals surface area (Å²) in [6.45, 7) is 2.69. The van der Waals surface area contributed by atoms with Crippen LogP contribution in [0.4, 0.5) is 8.78 Å². The van der Waals surface area contributed by atoms with Gasteiger partial charge < -0.3 is 4.90 Å². The highest BCUT2D eigenvalue weighted by atomic mass is 19.3. The summed E-state index contributed by atoms with van der Waals surface area (Å²) in [5.41, 5.74) is 0. The van der Waals surface area contributed by atoms with E-state index in [1.165, 1.54) is 12.8 Å². The Hall–Kier alpha value is -0.710. The normalized spacial score (nSPS) is 32.2. The maximum Gasteiger partial charge on any atom is 0.250 e. The van der Waals surface area contributed by atoms with Crippen molar-refractivity contribution in [2.45, 2.75) is 56.9 Å². The number of rotatable bonds is 3. The van der Waals surface area contributed by atoms with Crippen LogP contribution in [0.1, 0.15) is 44.9 Å². The van der Waals surface area contributed by atoms with Crippen molar-refractivity contribution >= 4 is 5.91 Å². The summed E-state index contributed by atoms with van der Waals surface area (Å²) in [5, 5.41) is 0. The molecule has 2 aliphatic heterocycles. The number of carbonyl (C=O) groups excluding carboxylic acids is 1. The summed E-state index contributed by atoms with van der Waals surface area (Å²) < 4.78 is 26.4. The molecule has 0 bridgehead atoms. The lowest BCUT2D eigenvalue weighted by molar-refractivity contribution is -0.130. The minimum Gasteiger partial charge on any atom is -0.342 e. The van der Waals surface area contributed by atoms with E-state index < -0.39 is 5.92 Å². The van der Waals surface area contributed by atoms with Crippen LogP contribution in [-0.2, 0) is 4.79 Å². The lowest BCUT2D eigenvalue weighted by atomic mass is 10.0. The summed E-state index contributed by atoms with van der Waals surface area (Å²) >= 11 is 0. The van der Waals surface area contributed by atoms with E-state index >= 15 is 0 Å². The van der Waals surface area contributed by atoms with Crippen molar-refractivity contribution in [2.75, 3.05) is 26.2 Å². The average molecular weight is 286 g/mol. The average Bonchev–Trinajstić information content (AvgIpc) is 3.22. The molecule has 1 saturated carbocycles. The Morgan fingerprint density at radius 1 is 1.05 bits per heavy atom. The van der Waals surface area contributed by atoms with Crippen LogP contribution < -0.4 is 0 Å². The monoisotopic (exact) mass is 286 g/mol. The molecule has 1 unspecified atom stereocenters. The molecule has 0 aromatic rings. The molecule has 3 fully saturated rings. The first-order chi connectivity index (χ1) is 9.53. The first kappa shape index (κ1) is 14.2. The van der Waals surface area contributed by atoms with E-state index in [4.69, 9.17) is 0 Å². The minimum atomic E-state index is -2.48. The maximum atomic E-state index is 13.2. The molecule has 0 radical (unpaired) electrons. The second-order valence-electron chi connectivity index (χ2n) is 6.66. The van der Waals surface area contributed by atoms with Crippen molar-refractivity contribution in [1.82, 2.24) is 9.80 Å². The molecule has 1 aliphatic carbocycles. The Labute approximate surface area is 119 Å². The van der Waals surface area contributed by atoms with Crippen molar-refractivity contribution in [2.24, 2.45) is 5.92 Å². The van der Waals surface area contributed by atoms with E-state index in [0.717, 1.165) is 31.8 Å². The van der Waals surface area contributed by atoms with Gasteiger partial charge in [0.1, 0.15) is 0 Å². The Morgan fingerprint density at radius 2 is 1.75 bits per heavy atom. The highest BCUT2D eigenvalue weighted by Gasteiger charge is 2.37. The van der Waals surface area contributed by atoms with Crippen LogP contribution in [0.3, 0.4) is 0 Å². The van der Waals surface area contributed by atoms with Crippen molar-refractivity contribution in [3.63, 3.8) is 0 Å². The first-order valence-electron chi connectivity index (χ1n) is 7.93. The zero-order valence-electron chi connectivity index (χ0n) is 12.0. The first-order valence-corrected chi connectivity index (χ1v) is 7.93. The second kappa shape index (κ2) is 5.58. The van der Waals surface area contributed by atoms with E-state index in [1.807, 2.05) is 4.90 Å². The Kier molecular flexibility index (Phi) is 3.98. The zero-order valence-corrected chi connectivity index (χ0v) is 12.0. The van der Waals surface area contributed by atoms with Gasteiger partial charge in [0.05, 0.1) is 0 Å². The van der Waals surface area contributed by atoms with E-state index in [1.54, 1.807) is 0 Å². The molecule has 5 heteroatoms. The number of carbonyl (C=O) groups is 1. The number of likely N-dealkylation sites (tertiary alicyclic amines) is 2. The second-order valence-corrected chi connectivity index (χ2v) is 6.66. The van der Waals surface area contributed by atoms with E-state index in [9.17, 15) is 13.6 Å². The molecule has 0 aromatic carbocycles. The fraction of sp³-hybridized carbons (Fsp3) is 0.933. The number of halogens is 2. The molecule has 2 heterocycles. The largest absolute Gasteiger partial charge is 0.342 e. The van der Waals surface area contributed by atoms with Crippen LogP contribution >= 0.6 is 0 Å². The topological polar surface area (TPSA) is 23.6 Å². The molecule has 0 aromatic heterocycles. The molecule has 0 N–H and O–H groups in total. The van der Waals surface area contributed by atoms with Crippen molar-refractivity contribution in [3.05, 3.63) is 0 Å².